The molecule has 1 fully saturated rings. The fourth-order valence-electron chi connectivity index (χ4n) is 2.65. The fourth-order valence-corrected chi connectivity index (χ4v) is 2.65. The highest BCUT2D eigenvalue weighted by Crippen LogP contribution is 2.35. The first-order valence-electron chi connectivity index (χ1n) is 6.41. The van der Waals surface area contributed by atoms with Crippen molar-refractivity contribution in [3.8, 4) is 0 Å². The van der Waals surface area contributed by atoms with E-state index in [0.717, 1.165) is 25.7 Å². The van der Waals surface area contributed by atoms with Gasteiger partial charge in [0.1, 0.15) is 6.10 Å². The Morgan fingerprint density at radius 1 is 1.16 bits per heavy atom. The van der Waals surface area contributed by atoms with E-state index in [1.54, 1.807) is 0 Å². The van der Waals surface area contributed by atoms with Crippen molar-refractivity contribution in [1.82, 2.24) is 0 Å². The van der Waals surface area contributed by atoms with Gasteiger partial charge in [-0.25, -0.2) is 9.59 Å². The van der Waals surface area contributed by atoms with Crippen LogP contribution in [-0.4, -0.2) is 32.3 Å². The Morgan fingerprint density at radius 3 is 2.37 bits per heavy atom. The average molecular weight is 266 g/mol. The van der Waals surface area contributed by atoms with Gasteiger partial charge in [0.2, 0.25) is 0 Å². The molecule has 0 saturated heterocycles. The molecule has 0 bridgehead atoms. The van der Waals surface area contributed by atoms with Gasteiger partial charge < -0.3 is 14.2 Å². The molecule has 1 saturated carbocycles. The zero-order valence-corrected chi connectivity index (χ0v) is 11.2. The number of hydrogen-bond donors (Lipinski definition) is 0. The number of hydrogen-bond acceptors (Lipinski definition) is 5. The van der Waals surface area contributed by atoms with Gasteiger partial charge in [-0.05, 0) is 18.9 Å². The number of rotatable bonds is 3. The lowest BCUT2D eigenvalue weighted by Crippen LogP contribution is -2.30. The summed E-state index contributed by atoms with van der Waals surface area (Å²) in [5.74, 6) is -0.668. The molecule has 5 heteroatoms. The highest BCUT2D eigenvalue weighted by atomic mass is 16.5. The van der Waals surface area contributed by atoms with E-state index in [1.165, 1.54) is 26.6 Å². The number of ether oxygens (including phenoxy) is 3. The highest BCUT2D eigenvalue weighted by Gasteiger charge is 2.35. The van der Waals surface area contributed by atoms with Crippen molar-refractivity contribution >= 4 is 11.9 Å². The van der Waals surface area contributed by atoms with E-state index >= 15 is 0 Å². The molecule has 1 atom stereocenters. The molecule has 5 nitrogen and oxygen atoms in total. The third-order valence-corrected chi connectivity index (χ3v) is 3.63. The van der Waals surface area contributed by atoms with Gasteiger partial charge in [-0.2, -0.15) is 0 Å². The summed E-state index contributed by atoms with van der Waals surface area (Å²) in [5.41, 5.74) is 0.634. The first kappa shape index (κ1) is 13.6. The van der Waals surface area contributed by atoms with E-state index in [2.05, 4.69) is 4.74 Å². The molecule has 104 valence electrons. The molecule has 2 rings (SSSR count). The Labute approximate surface area is 112 Å². The predicted molar refractivity (Wildman–Crippen MR) is 67.0 cm³/mol. The van der Waals surface area contributed by atoms with E-state index in [0.29, 0.717) is 11.5 Å². The molecule has 1 aliphatic heterocycles. The fraction of sp³-hybridized carbons (Fsp3) is 0.571. The van der Waals surface area contributed by atoms with Crippen LogP contribution in [0.5, 0.6) is 0 Å². The third-order valence-electron chi connectivity index (χ3n) is 3.63. The molecule has 1 aliphatic carbocycles. The predicted octanol–water partition coefficient (Wildman–Crippen LogP) is 1.73. The van der Waals surface area contributed by atoms with Gasteiger partial charge in [-0.15, -0.1) is 0 Å². The standard InChI is InChI=1S/C14H18O5/c1-17-13(15)10-7-11(14(16)18-2)12(19-8-10)9-5-3-4-6-9/h7-9,12H,3-6H2,1-2H3. The minimum atomic E-state index is -0.522. The minimum absolute atomic E-state index is 0.233. The second kappa shape index (κ2) is 5.91. The van der Waals surface area contributed by atoms with Gasteiger partial charge >= 0.3 is 11.9 Å². The lowest BCUT2D eigenvalue weighted by atomic mass is 9.91. The first-order chi connectivity index (χ1) is 9.17. The summed E-state index contributed by atoms with van der Waals surface area (Å²) in [6, 6.07) is 0. The zero-order valence-electron chi connectivity index (χ0n) is 11.2. The Bertz CT molecular complexity index is 429. The Kier molecular flexibility index (Phi) is 4.24. The molecule has 2 aliphatic rings. The normalized spacial score (nSPS) is 23.2. The molecule has 19 heavy (non-hydrogen) atoms. The lowest BCUT2D eigenvalue weighted by Gasteiger charge is -2.27. The van der Waals surface area contributed by atoms with E-state index in [1.807, 2.05) is 0 Å². The van der Waals surface area contributed by atoms with Crippen LogP contribution in [-0.2, 0) is 23.8 Å². The van der Waals surface area contributed by atoms with Gasteiger partial charge in [0, 0.05) is 5.92 Å². The molecule has 0 aromatic carbocycles. The van der Waals surface area contributed by atoms with E-state index in [-0.39, 0.29) is 11.7 Å². The monoisotopic (exact) mass is 266 g/mol. The summed E-state index contributed by atoms with van der Waals surface area (Å²) in [7, 11) is 2.61. The average Bonchev–Trinajstić information content (AvgIpc) is 2.99. The second-order valence-corrected chi connectivity index (χ2v) is 4.76. The van der Waals surface area contributed by atoms with Crippen molar-refractivity contribution in [1.29, 1.82) is 0 Å². The van der Waals surface area contributed by atoms with E-state index < -0.39 is 11.9 Å². The summed E-state index contributed by atoms with van der Waals surface area (Å²) >= 11 is 0. The largest absolute Gasteiger partial charge is 0.492 e. The SMILES string of the molecule is COC(=O)C1=COC(C2CCCC2)C(C(=O)OC)=C1. The number of esters is 2. The van der Waals surface area contributed by atoms with Crippen LogP contribution in [0.2, 0.25) is 0 Å². The highest BCUT2D eigenvalue weighted by molar-refractivity contribution is 5.97. The van der Waals surface area contributed by atoms with Crippen LogP contribution >= 0.6 is 0 Å². The molecule has 1 heterocycles. The third kappa shape index (κ3) is 2.80. The Morgan fingerprint density at radius 2 is 1.79 bits per heavy atom. The quantitative estimate of drug-likeness (QED) is 0.728. The van der Waals surface area contributed by atoms with Gasteiger partial charge in [0.05, 0.1) is 31.6 Å². The van der Waals surface area contributed by atoms with Crippen molar-refractivity contribution in [2.75, 3.05) is 14.2 Å². The molecule has 0 aromatic rings. The van der Waals surface area contributed by atoms with Gasteiger partial charge in [0.15, 0.2) is 0 Å². The smallest absolute Gasteiger partial charge is 0.341 e. The molecular weight excluding hydrogens is 248 g/mol. The molecular formula is C14H18O5. The van der Waals surface area contributed by atoms with Crippen LogP contribution in [0.1, 0.15) is 25.7 Å². The minimum Gasteiger partial charge on any atom is -0.492 e. The number of methoxy groups -OCH3 is 2. The van der Waals surface area contributed by atoms with Crippen LogP contribution in [0.4, 0.5) is 0 Å². The molecule has 0 N–H and O–H groups in total. The van der Waals surface area contributed by atoms with Crippen molar-refractivity contribution in [3.05, 3.63) is 23.5 Å². The van der Waals surface area contributed by atoms with Crippen molar-refractivity contribution in [3.63, 3.8) is 0 Å². The van der Waals surface area contributed by atoms with Gasteiger partial charge in [0.25, 0.3) is 0 Å². The maximum absolute atomic E-state index is 11.8. The summed E-state index contributed by atoms with van der Waals surface area (Å²) < 4.78 is 15.0. The topological polar surface area (TPSA) is 61.8 Å². The first-order valence-corrected chi connectivity index (χ1v) is 6.41. The Balaban J connectivity index is 2.23. The van der Waals surface area contributed by atoms with Crippen LogP contribution in [0, 0.1) is 5.92 Å². The van der Waals surface area contributed by atoms with Crippen LogP contribution in [0.3, 0.4) is 0 Å². The van der Waals surface area contributed by atoms with Crippen molar-refractivity contribution < 1.29 is 23.8 Å². The Hall–Kier alpha value is -1.78. The maximum atomic E-state index is 11.8. The summed E-state index contributed by atoms with van der Waals surface area (Å²) in [6.45, 7) is 0. The number of carbonyl (C=O) groups excluding carboxylic acids is 2. The zero-order chi connectivity index (χ0) is 13.8. The second-order valence-electron chi connectivity index (χ2n) is 4.76. The van der Waals surface area contributed by atoms with Crippen molar-refractivity contribution in [2.45, 2.75) is 31.8 Å². The van der Waals surface area contributed by atoms with Crippen LogP contribution in [0.25, 0.3) is 0 Å². The molecule has 1 unspecified atom stereocenters. The maximum Gasteiger partial charge on any atom is 0.341 e. The molecule has 0 spiro atoms. The molecule has 0 radical (unpaired) electrons. The van der Waals surface area contributed by atoms with Crippen LogP contribution < -0.4 is 0 Å². The number of carbonyl (C=O) groups is 2. The van der Waals surface area contributed by atoms with Gasteiger partial charge in [-0.1, -0.05) is 12.8 Å². The summed E-state index contributed by atoms with van der Waals surface area (Å²) in [5, 5.41) is 0. The van der Waals surface area contributed by atoms with Crippen LogP contribution in [0.15, 0.2) is 23.5 Å². The molecule has 0 amide bonds. The van der Waals surface area contributed by atoms with Gasteiger partial charge in [-0.3, -0.25) is 0 Å². The summed E-state index contributed by atoms with van der Waals surface area (Å²) in [4.78, 5) is 23.3. The van der Waals surface area contributed by atoms with E-state index in [4.69, 9.17) is 9.47 Å². The van der Waals surface area contributed by atoms with Crippen molar-refractivity contribution in [2.24, 2.45) is 5.92 Å². The molecule has 0 aromatic heterocycles. The lowest BCUT2D eigenvalue weighted by molar-refractivity contribution is -0.137. The summed E-state index contributed by atoms with van der Waals surface area (Å²) in [6.07, 6.45) is 6.93. The van der Waals surface area contributed by atoms with E-state index in [9.17, 15) is 9.59 Å².